The van der Waals surface area contributed by atoms with E-state index in [4.69, 9.17) is 0 Å². The van der Waals surface area contributed by atoms with Gasteiger partial charge in [0.1, 0.15) is 11.6 Å². The predicted octanol–water partition coefficient (Wildman–Crippen LogP) is 2.14. The fourth-order valence-corrected chi connectivity index (χ4v) is 1.63. The Labute approximate surface area is 106 Å². The highest BCUT2D eigenvalue weighted by Gasteiger charge is 2.08. The molecule has 1 amide bonds. The molecule has 0 heterocycles. The van der Waals surface area contributed by atoms with Gasteiger partial charge in [-0.2, -0.15) is 0 Å². The molecule has 0 aliphatic rings. The van der Waals surface area contributed by atoms with E-state index in [0.717, 1.165) is 6.07 Å². The van der Waals surface area contributed by atoms with Crippen molar-refractivity contribution in [3.8, 4) is 0 Å². The van der Waals surface area contributed by atoms with Crippen molar-refractivity contribution in [3.63, 3.8) is 0 Å². The summed E-state index contributed by atoms with van der Waals surface area (Å²) in [4.78, 5) is 11.2. The molecular weight excluding hydrogens is 238 g/mol. The topological polar surface area (TPSA) is 41.1 Å². The van der Waals surface area contributed by atoms with Crippen molar-refractivity contribution in [1.82, 2.24) is 10.6 Å². The van der Waals surface area contributed by atoms with Crippen LogP contribution in [0.2, 0.25) is 0 Å². The van der Waals surface area contributed by atoms with Crippen molar-refractivity contribution in [2.45, 2.75) is 26.3 Å². The zero-order chi connectivity index (χ0) is 13.5. The number of carbonyl (C=O) groups is 1. The normalized spacial score (nSPS) is 12.2. The van der Waals surface area contributed by atoms with E-state index in [1.165, 1.54) is 12.1 Å². The lowest BCUT2D eigenvalue weighted by atomic mass is 10.1. The number of rotatable bonds is 6. The number of carbonyl (C=O) groups excluding carboxylic acids is 1. The van der Waals surface area contributed by atoms with Gasteiger partial charge >= 0.3 is 0 Å². The van der Waals surface area contributed by atoms with Gasteiger partial charge < -0.3 is 10.6 Å². The van der Waals surface area contributed by atoms with E-state index in [9.17, 15) is 13.6 Å². The van der Waals surface area contributed by atoms with Gasteiger partial charge in [0.25, 0.3) is 0 Å². The zero-order valence-electron chi connectivity index (χ0n) is 10.6. The summed E-state index contributed by atoms with van der Waals surface area (Å²) in [6.45, 7) is 4.71. The van der Waals surface area contributed by atoms with E-state index in [1.54, 1.807) is 6.92 Å². The first-order valence-electron chi connectivity index (χ1n) is 5.99. The Kier molecular flexibility index (Phi) is 5.71. The molecule has 1 aromatic carbocycles. The molecule has 0 aliphatic heterocycles. The highest BCUT2D eigenvalue weighted by atomic mass is 19.1. The van der Waals surface area contributed by atoms with Gasteiger partial charge in [-0.25, -0.2) is 8.78 Å². The molecule has 3 nitrogen and oxygen atoms in total. The van der Waals surface area contributed by atoms with Crippen LogP contribution >= 0.6 is 0 Å². The summed E-state index contributed by atoms with van der Waals surface area (Å²) < 4.78 is 26.0. The van der Waals surface area contributed by atoms with Gasteiger partial charge in [-0.1, -0.05) is 0 Å². The van der Waals surface area contributed by atoms with E-state index < -0.39 is 11.6 Å². The summed E-state index contributed by atoms with van der Waals surface area (Å²) >= 11 is 0. The van der Waals surface area contributed by atoms with Crippen LogP contribution in [0.1, 0.15) is 31.9 Å². The maximum atomic E-state index is 13.0. The van der Waals surface area contributed by atoms with Gasteiger partial charge in [0.2, 0.25) is 5.91 Å². The standard InChI is InChI=1S/C13H18F2N2O/c1-3-16-13(18)4-5-17-9(2)10-6-11(14)8-12(15)7-10/h6-9,17H,3-5H2,1-2H3,(H,16,18). The van der Waals surface area contributed by atoms with Gasteiger partial charge in [0.15, 0.2) is 0 Å². The maximum absolute atomic E-state index is 13.0. The molecule has 0 saturated carbocycles. The smallest absolute Gasteiger partial charge is 0.221 e. The first-order valence-corrected chi connectivity index (χ1v) is 5.99. The van der Waals surface area contributed by atoms with Crippen molar-refractivity contribution in [1.29, 1.82) is 0 Å². The second-order valence-corrected chi connectivity index (χ2v) is 4.08. The van der Waals surface area contributed by atoms with Gasteiger partial charge in [-0.3, -0.25) is 4.79 Å². The molecule has 100 valence electrons. The minimum absolute atomic E-state index is 0.0392. The SMILES string of the molecule is CCNC(=O)CCNC(C)c1cc(F)cc(F)c1. The van der Waals surface area contributed by atoms with Gasteiger partial charge in [0.05, 0.1) is 0 Å². The Hall–Kier alpha value is -1.49. The quantitative estimate of drug-likeness (QED) is 0.818. The zero-order valence-corrected chi connectivity index (χ0v) is 10.6. The van der Waals surface area contributed by atoms with Crippen LogP contribution < -0.4 is 10.6 Å². The number of benzene rings is 1. The molecular formula is C13H18F2N2O. The minimum atomic E-state index is -0.595. The van der Waals surface area contributed by atoms with Crippen LogP contribution in [0.15, 0.2) is 18.2 Å². The van der Waals surface area contributed by atoms with E-state index in [0.29, 0.717) is 25.1 Å². The summed E-state index contributed by atoms with van der Waals surface area (Å²) in [6, 6.07) is 3.20. The van der Waals surface area contributed by atoms with Crippen molar-refractivity contribution in [2.75, 3.05) is 13.1 Å². The average Bonchev–Trinajstić information content (AvgIpc) is 2.27. The Morgan fingerprint density at radius 3 is 2.44 bits per heavy atom. The Balaban J connectivity index is 2.45. The second-order valence-electron chi connectivity index (χ2n) is 4.08. The highest BCUT2D eigenvalue weighted by Crippen LogP contribution is 2.15. The van der Waals surface area contributed by atoms with E-state index in [1.807, 2.05) is 6.92 Å². The Morgan fingerprint density at radius 2 is 1.89 bits per heavy atom. The van der Waals surface area contributed by atoms with Crippen LogP contribution in [0.4, 0.5) is 8.78 Å². The van der Waals surface area contributed by atoms with Crippen LogP contribution in [0.5, 0.6) is 0 Å². The number of amides is 1. The molecule has 0 spiro atoms. The lowest BCUT2D eigenvalue weighted by molar-refractivity contribution is -0.120. The molecule has 0 aliphatic carbocycles. The van der Waals surface area contributed by atoms with E-state index in [-0.39, 0.29) is 11.9 Å². The lowest BCUT2D eigenvalue weighted by Gasteiger charge is -2.14. The van der Waals surface area contributed by atoms with Gasteiger partial charge in [0, 0.05) is 31.6 Å². The molecule has 1 rings (SSSR count). The first kappa shape index (κ1) is 14.6. The summed E-state index contributed by atoms with van der Waals surface area (Å²) in [5.41, 5.74) is 0.531. The number of hydrogen-bond acceptors (Lipinski definition) is 2. The van der Waals surface area contributed by atoms with E-state index in [2.05, 4.69) is 10.6 Å². The molecule has 0 bridgehead atoms. The Bertz CT molecular complexity index is 390. The molecule has 0 radical (unpaired) electrons. The largest absolute Gasteiger partial charge is 0.356 e. The molecule has 0 aromatic heterocycles. The summed E-state index contributed by atoms with van der Waals surface area (Å²) in [6.07, 6.45) is 0.343. The third-order valence-electron chi connectivity index (χ3n) is 2.56. The van der Waals surface area contributed by atoms with Gasteiger partial charge in [-0.15, -0.1) is 0 Å². The van der Waals surface area contributed by atoms with Crippen LogP contribution in [0, 0.1) is 11.6 Å². The molecule has 0 fully saturated rings. The molecule has 18 heavy (non-hydrogen) atoms. The van der Waals surface area contributed by atoms with Crippen molar-refractivity contribution < 1.29 is 13.6 Å². The molecule has 1 aromatic rings. The maximum Gasteiger partial charge on any atom is 0.221 e. The van der Waals surface area contributed by atoms with Crippen LogP contribution in [-0.2, 0) is 4.79 Å². The molecule has 1 unspecified atom stereocenters. The van der Waals surface area contributed by atoms with Gasteiger partial charge in [-0.05, 0) is 31.5 Å². The highest BCUT2D eigenvalue weighted by molar-refractivity contribution is 5.75. The predicted molar refractivity (Wildman–Crippen MR) is 66.1 cm³/mol. The minimum Gasteiger partial charge on any atom is -0.356 e. The van der Waals surface area contributed by atoms with Crippen LogP contribution in [-0.4, -0.2) is 19.0 Å². The molecule has 5 heteroatoms. The average molecular weight is 256 g/mol. The first-order chi connectivity index (χ1) is 8.52. The fourth-order valence-electron chi connectivity index (χ4n) is 1.63. The van der Waals surface area contributed by atoms with Crippen molar-refractivity contribution in [3.05, 3.63) is 35.4 Å². The van der Waals surface area contributed by atoms with Crippen molar-refractivity contribution in [2.24, 2.45) is 0 Å². The number of hydrogen-bond donors (Lipinski definition) is 2. The number of halogens is 2. The van der Waals surface area contributed by atoms with Crippen LogP contribution in [0.25, 0.3) is 0 Å². The lowest BCUT2D eigenvalue weighted by Crippen LogP contribution is -2.28. The Morgan fingerprint density at radius 1 is 1.28 bits per heavy atom. The molecule has 1 atom stereocenters. The summed E-state index contributed by atoms with van der Waals surface area (Å²) in [7, 11) is 0. The van der Waals surface area contributed by atoms with Crippen LogP contribution in [0.3, 0.4) is 0 Å². The third-order valence-corrected chi connectivity index (χ3v) is 2.56. The fraction of sp³-hybridized carbons (Fsp3) is 0.462. The van der Waals surface area contributed by atoms with Crippen molar-refractivity contribution >= 4 is 5.91 Å². The third kappa shape index (κ3) is 4.79. The number of nitrogens with one attached hydrogen (secondary N) is 2. The molecule has 2 N–H and O–H groups in total. The second kappa shape index (κ2) is 7.06. The summed E-state index contributed by atoms with van der Waals surface area (Å²) in [5, 5.41) is 5.73. The molecule has 0 saturated heterocycles. The summed E-state index contributed by atoms with van der Waals surface area (Å²) in [5.74, 6) is -1.23. The monoisotopic (exact) mass is 256 g/mol. The van der Waals surface area contributed by atoms with E-state index >= 15 is 0 Å².